The molecule has 2 aliphatic rings. The molecule has 0 aromatic heterocycles. The third-order valence-electron chi connectivity index (χ3n) is 17.3. The number of hydrogen-bond acceptors (Lipinski definition) is 12. The lowest BCUT2D eigenvalue weighted by Gasteiger charge is -2.39. The summed E-state index contributed by atoms with van der Waals surface area (Å²) < 4.78 is 0.830. The first-order chi connectivity index (χ1) is 43.0. The highest BCUT2D eigenvalue weighted by Gasteiger charge is 2.44. The zero-order valence-electron chi connectivity index (χ0n) is 56.3. The molecule has 12 amide bonds. The van der Waals surface area contributed by atoms with Crippen LogP contribution >= 0.6 is 34.2 Å². The van der Waals surface area contributed by atoms with Crippen LogP contribution in [0.2, 0.25) is 5.02 Å². The normalized spacial score (nSPS) is 24.0. The van der Waals surface area contributed by atoms with Crippen molar-refractivity contribution in [1.29, 1.82) is 0 Å². The Labute approximate surface area is 561 Å². The number of likely N-dealkylation sites (N-methyl/N-ethyl adjacent to an activating group) is 7. The maximum atomic E-state index is 15.0. The van der Waals surface area contributed by atoms with Gasteiger partial charge in [0.1, 0.15) is 47.8 Å². The molecule has 508 valence electrons. The number of nitrogens with one attached hydrogen (secondary N) is 4. The van der Waals surface area contributed by atoms with E-state index in [9.17, 15) is 52.7 Å². The van der Waals surface area contributed by atoms with E-state index in [1.54, 1.807) is 48.2 Å². The molecular weight excluding hydrogens is 1320 g/mol. The first-order valence-electron chi connectivity index (χ1n) is 31.4. The average Bonchev–Trinajstić information content (AvgIpc) is 0.953. The summed E-state index contributed by atoms with van der Waals surface area (Å²) in [7, 11) is 9.66. The maximum absolute atomic E-state index is 15.0. The molecule has 0 spiro atoms. The molecule has 4 rings (SSSR count). The Morgan fingerprint density at radius 1 is 0.630 bits per heavy atom. The van der Waals surface area contributed by atoms with Crippen molar-refractivity contribution in [3.8, 4) is 0 Å². The van der Waals surface area contributed by atoms with Gasteiger partial charge < -0.3 is 60.5 Å². The van der Waals surface area contributed by atoms with Gasteiger partial charge in [-0.05, 0) is 122 Å². The minimum atomic E-state index is -1.72. The molecule has 2 heterocycles. The third kappa shape index (κ3) is 21.4. The number of nitrogens with zero attached hydrogens (tertiary/aromatic N) is 8. The number of carbonyl (C=O) groups is 12. The Balaban J connectivity index is 1.87. The molecule has 0 bridgehead atoms. The summed E-state index contributed by atoms with van der Waals surface area (Å²) in [6, 6.07) is 4.76. The van der Waals surface area contributed by atoms with Gasteiger partial charge in [0.05, 0.1) is 26.1 Å². The molecule has 0 aliphatic carbocycles. The van der Waals surface area contributed by atoms with Gasteiger partial charge in [-0.2, -0.15) is 0 Å². The summed E-state index contributed by atoms with van der Waals surface area (Å²) in [6.45, 7) is 16.8. The minimum Gasteiger partial charge on any atom is -0.342 e. The fourth-order valence-corrected chi connectivity index (χ4v) is 11.7. The van der Waals surface area contributed by atoms with E-state index in [1.807, 2.05) is 46.8 Å². The first-order valence-corrected chi connectivity index (χ1v) is 32.9. The van der Waals surface area contributed by atoms with Crippen molar-refractivity contribution in [2.75, 3.05) is 82.1 Å². The summed E-state index contributed by atoms with van der Waals surface area (Å²) in [5.41, 5.74) is -0.480. The maximum Gasteiger partial charge on any atom is 0.246 e. The molecule has 0 radical (unpaired) electrons. The number of likely N-dealkylation sites (tertiary alicyclic amines) is 1. The zero-order chi connectivity index (χ0) is 69.2. The molecule has 24 nitrogen and oxygen atoms in total. The van der Waals surface area contributed by atoms with Crippen molar-refractivity contribution >= 4 is 105 Å². The van der Waals surface area contributed by atoms with Crippen LogP contribution in [0.3, 0.4) is 0 Å². The predicted octanol–water partition coefficient (Wildman–Crippen LogP) is 3.50. The van der Waals surface area contributed by atoms with Crippen LogP contribution in [-0.4, -0.2) is 240 Å². The van der Waals surface area contributed by atoms with E-state index < -0.39 is 151 Å². The number of benzene rings is 2. The second-order valence-corrected chi connectivity index (χ2v) is 27.5. The van der Waals surface area contributed by atoms with Crippen molar-refractivity contribution in [3.63, 3.8) is 0 Å². The van der Waals surface area contributed by atoms with Crippen molar-refractivity contribution in [1.82, 2.24) is 60.5 Å². The van der Waals surface area contributed by atoms with Crippen LogP contribution in [0, 0.1) is 21.3 Å². The van der Waals surface area contributed by atoms with Crippen molar-refractivity contribution in [2.45, 2.75) is 161 Å². The van der Waals surface area contributed by atoms with Crippen LogP contribution in [0.5, 0.6) is 0 Å². The highest BCUT2D eigenvalue weighted by atomic mass is 127. The fourth-order valence-electron chi connectivity index (χ4n) is 10.9. The summed E-state index contributed by atoms with van der Waals surface area (Å²) in [6.07, 6.45) is 2.58. The van der Waals surface area contributed by atoms with Crippen LogP contribution in [0.25, 0.3) is 0 Å². The highest BCUT2D eigenvalue weighted by Crippen LogP contribution is 2.24. The van der Waals surface area contributed by atoms with Crippen LogP contribution in [-0.2, 0) is 70.4 Å². The van der Waals surface area contributed by atoms with Gasteiger partial charge >= 0.3 is 0 Å². The van der Waals surface area contributed by atoms with Crippen molar-refractivity contribution < 1.29 is 57.5 Å². The lowest BCUT2D eigenvalue weighted by molar-refractivity contribution is -0.151. The molecule has 2 aliphatic heterocycles. The zero-order valence-corrected chi connectivity index (χ0v) is 59.2. The number of amides is 12. The molecule has 2 aromatic carbocycles. The molecule has 4 N–H and O–H groups in total. The summed E-state index contributed by atoms with van der Waals surface area (Å²) >= 11 is 8.33. The monoisotopic (exact) mass is 1410 g/mol. The van der Waals surface area contributed by atoms with E-state index in [1.165, 1.54) is 79.1 Å². The van der Waals surface area contributed by atoms with E-state index in [2.05, 4.69) is 50.4 Å². The van der Waals surface area contributed by atoms with Crippen LogP contribution in [0.1, 0.15) is 111 Å². The first kappa shape index (κ1) is 77.3. The van der Waals surface area contributed by atoms with Crippen molar-refractivity contribution in [3.05, 3.63) is 80.9 Å². The Hall–Kier alpha value is -7.16. The summed E-state index contributed by atoms with van der Waals surface area (Å²) in [5.74, 6) is -9.14. The van der Waals surface area contributed by atoms with Crippen LogP contribution in [0.4, 0.5) is 0 Å². The summed E-state index contributed by atoms with van der Waals surface area (Å²) in [4.78, 5) is 185. The molecule has 92 heavy (non-hydrogen) atoms. The van der Waals surface area contributed by atoms with Gasteiger partial charge in [0.15, 0.2) is 0 Å². The molecule has 2 saturated heterocycles. The van der Waals surface area contributed by atoms with Crippen LogP contribution < -0.4 is 21.3 Å². The Morgan fingerprint density at radius 3 is 1.79 bits per heavy atom. The number of carbonyl (C=O) groups excluding carboxylic acids is 12. The topological polar surface area (TPSA) is 279 Å². The minimum absolute atomic E-state index is 0.0555. The quantitative estimate of drug-likeness (QED) is 0.166. The molecule has 0 saturated carbocycles. The number of hydrogen-bond donors (Lipinski definition) is 4. The Morgan fingerprint density at radius 2 is 1.22 bits per heavy atom. The Kier molecular flexibility index (Phi) is 29.6. The Bertz CT molecular complexity index is 3000. The van der Waals surface area contributed by atoms with Crippen molar-refractivity contribution in [2.24, 2.45) is 17.8 Å². The summed E-state index contributed by atoms with van der Waals surface area (Å²) in [5, 5.41) is 11.7. The van der Waals surface area contributed by atoms with Gasteiger partial charge in [0.2, 0.25) is 70.9 Å². The number of rotatable bonds is 13. The van der Waals surface area contributed by atoms with Gasteiger partial charge in [-0.1, -0.05) is 89.9 Å². The largest absolute Gasteiger partial charge is 0.342 e. The van der Waals surface area contributed by atoms with Gasteiger partial charge in [0.25, 0.3) is 0 Å². The van der Waals surface area contributed by atoms with E-state index in [0.717, 1.165) is 28.1 Å². The fraction of sp³-hybridized carbons (Fsp3) is 0.606. The molecule has 1 unspecified atom stereocenters. The lowest BCUT2D eigenvalue weighted by Crippen LogP contribution is -2.63. The SMILES string of the molecule is C=CC[C@@H]1NC(=O)[C@H](Cc2cccc(I)c2)NC(=O)CN(C)C(=O)[C@H](Cc2ccc(Cl)cc2)N(C)C(=O)CN(C)C(=O)CN(C)C(=O)[C@H]([C@@H](C)CC)NC(=O)[C@H](CC(C)C)N(C)C(=O)CC(C(=O)N2CCCC2)N(C)C(=O)[C@H](CC(C)C)NC(=O)C(C)(C)N(C)C1=O. The molecule has 8 atom stereocenters. The second-order valence-electron chi connectivity index (χ2n) is 25.9. The third-order valence-corrected chi connectivity index (χ3v) is 18.3. The van der Waals surface area contributed by atoms with E-state index >= 15 is 4.79 Å². The van der Waals surface area contributed by atoms with E-state index in [4.69, 9.17) is 11.6 Å². The molecule has 2 fully saturated rings. The number of halogens is 2. The predicted molar refractivity (Wildman–Crippen MR) is 359 cm³/mol. The lowest BCUT2D eigenvalue weighted by atomic mass is 9.95. The standard InChI is InChI=1S/C66H98ClIN12O12/c1-17-22-47-61(88)79(16)66(8,9)65(92)71-49(31-40(3)4)60(87)78(15)52(63(90)80-29-19-20-30-80)36-54(82)76(13)50(32-41(5)6)59(86)72-57(42(7)18-2)64(91)75(12)38-55(83)73(10)39-56(84)77(14)51(35-43-25-27-45(67)28-26-43)62(89)74(11)37-53(81)69-48(58(85)70-47)34-44-23-21-24-46(68)33-44/h17,21,23-28,33,40-42,47-52,57H,1,18-20,22,29-32,34-39H2,2-16H3,(H,69,81)(H,70,85)(H,71,92)(H,72,86)/t42-,47-,48-,49-,50-,51-,52?,57-/m0/s1. The van der Waals surface area contributed by atoms with Gasteiger partial charge in [-0.3, -0.25) is 57.5 Å². The highest BCUT2D eigenvalue weighted by molar-refractivity contribution is 14.1. The smallest absolute Gasteiger partial charge is 0.246 e. The van der Waals surface area contributed by atoms with E-state index in [-0.39, 0.29) is 43.9 Å². The molecule has 2 aromatic rings. The molecular formula is C66H98ClIN12O12. The van der Waals surface area contributed by atoms with Gasteiger partial charge in [-0.15, -0.1) is 6.58 Å². The van der Waals surface area contributed by atoms with E-state index in [0.29, 0.717) is 48.5 Å². The van der Waals surface area contributed by atoms with Gasteiger partial charge in [0, 0.05) is 83.9 Å². The van der Waals surface area contributed by atoms with Crippen LogP contribution in [0.15, 0.2) is 61.2 Å². The van der Waals surface area contributed by atoms with Gasteiger partial charge in [-0.25, -0.2) is 0 Å². The average molecular weight is 1410 g/mol. The molecule has 26 heteroatoms. The second kappa shape index (κ2) is 35.2.